The number of carboxylic acids is 1. The average molecular weight is 293 g/mol. The van der Waals surface area contributed by atoms with Gasteiger partial charge >= 0.3 is 5.97 Å². The lowest BCUT2D eigenvalue weighted by molar-refractivity contribution is -0.121. The highest BCUT2D eigenvalue weighted by atomic mass is 16.5. The van der Waals surface area contributed by atoms with Crippen molar-refractivity contribution in [2.45, 2.75) is 25.9 Å². The van der Waals surface area contributed by atoms with E-state index in [-0.39, 0.29) is 29.2 Å². The van der Waals surface area contributed by atoms with Gasteiger partial charge in [-0.2, -0.15) is 0 Å². The molecule has 2 rings (SSSR count). The molecule has 6 nitrogen and oxygen atoms in total. The van der Waals surface area contributed by atoms with Gasteiger partial charge in [-0.15, -0.1) is 0 Å². The Labute approximate surface area is 123 Å². The Morgan fingerprint density at radius 1 is 1.48 bits per heavy atom. The molecule has 0 aliphatic carbocycles. The number of aromatic carboxylic acids is 1. The van der Waals surface area contributed by atoms with Crippen molar-refractivity contribution in [3.8, 4) is 5.75 Å². The van der Waals surface area contributed by atoms with Crippen molar-refractivity contribution in [3.05, 3.63) is 23.8 Å². The van der Waals surface area contributed by atoms with Gasteiger partial charge in [-0.25, -0.2) is 4.79 Å². The van der Waals surface area contributed by atoms with Gasteiger partial charge in [-0.1, -0.05) is 6.92 Å². The minimum atomic E-state index is -1.11. The molecule has 0 saturated carbocycles. The number of amides is 1. The van der Waals surface area contributed by atoms with E-state index in [2.05, 4.69) is 5.32 Å². The third kappa shape index (κ3) is 3.33. The van der Waals surface area contributed by atoms with Crippen LogP contribution in [0.2, 0.25) is 0 Å². The highest BCUT2D eigenvalue weighted by Gasteiger charge is 2.33. The van der Waals surface area contributed by atoms with Crippen LogP contribution in [0.25, 0.3) is 0 Å². The molecule has 1 aliphatic rings. The van der Waals surface area contributed by atoms with Gasteiger partial charge in [0.25, 0.3) is 0 Å². The summed E-state index contributed by atoms with van der Waals surface area (Å²) in [6, 6.07) is 4.54. The quantitative estimate of drug-likeness (QED) is 0.869. The van der Waals surface area contributed by atoms with Gasteiger partial charge in [0, 0.05) is 6.61 Å². The van der Waals surface area contributed by atoms with Gasteiger partial charge in [0.2, 0.25) is 5.91 Å². The topological polar surface area (TPSA) is 84.9 Å². The van der Waals surface area contributed by atoms with Gasteiger partial charge in [0.1, 0.15) is 5.75 Å². The zero-order valence-corrected chi connectivity index (χ0v) is 12.1. The first-order chi connectivity index (χ1) is 10.1. The van der Waals surface area contributed by atoms with Crippen molar-refractivity contribution in [2.75, 3.05) is 19.0 Å². The summed E-state index contributed by atoms with van der Waals surface area (Å²) in [4.78, 5) is 23.6. The number of nitrogens with one attached hydrogen (secondary N) is 1. The van der Waals surface area contributed by atoms with Crippen LogP contribution in [0.4, 0.5) is 5.69 Å². The Morgan fingerprint density at radius 3 is 2.86 bits per heavy atom. The molecule has 114 valence electrons. The second-order valence-corrected chi connectivity index (χ2v) is 4.92. The van der Waals surface area contributed by atoms with Gasteiger partial charge in [0.15, 0.2) is 0 Å². The minimum absolute atomic E-state index is 0.00895. The predicted octanol–water partition coefficient (Wildman–Crippen LogP) is 2.15. The number of ether oxygens (including phenoxy) is 2. The summed E-state index contributed by atoms with van der Waals surface area (Å²) in [7, 11) is 1.46. The second-order valence-electron chi connectivity index (χ2n) is 4.92. The summed E-state index contributed by atoms with van der Waals surface area (Å²) in [6.07, 6.45) is 1.31. The maximum absolute atomic E-state index is 12.3. The van der Waals surface area contributed by atoms with E-state index in [4.69, 9.17) is 9.47 Å². The van der Waals surface area contributed by atoms with Crippen molar-refractivity contribution >= 4 is 17.6 Å². The first-order valence-corrected chi connectivity index (χ1v) is 6.90. The number of carboxylic acid groups (broad SMARTS) is 1. The summed E-state index contributed by atoms with van der Waals surface area (Å²) in [5.41, 5.74) is 0.282. The van der Waals surface area contributed by atoms with Gasteiger partial charge < -0.3 is 19.9 Å². The second kappa shape index (κ2) is 6.58. The molecule has 1 aromatic rings. The van der Waals surface area contributed by atoms with E-state index < -0.39 is 5.97 Å². The molecule has 6 heteroatoms. The number of hydrogen-bond acceptors (Lipinski definition) is 4. The Balaban J connectivity index is 2.19. The van der Waals surface area contributed by atoms with E-state index in [0.717, 1.165) is 6.42 Å². The fraction of sp³-hybridized carbons (Fsp3) is 0.467. The van der Waals surface area contributed by atoms with Crippen molar-refractivity contribution in [1.29, 1.82) is 0 Å². The van der Waals surface area contributed by atoms with Crippen LogP contribution < -0.4 is 10.1 Å². The standard InChI is InChI=1S/C15H19NO5/c1-3-13-10(6-7-21-13)14(17)16-12-5-4-9(20-2)8-11(12)15(18)19/h4-5,8,10,13H,3,6-7H2,1-2H3,(H,16,17)(H,18,19). The van der Waals surface area contributed by atoms with Crippen LogP contribution >= 0.6 is 0 Å². The van der Waals surface area contributed by atoms with Crippen molar-refractivity contribution in [3.63, 3.8) is 0 Å². The summed E-state index contributed by atoms with van der Waals surface area (Å²) in [5.74, 6) is -1.12. The summed E-state index contributed by atoms with van der Waals surface area (Å²) < 4.78 is 10.5. The van der Waals surface area contributed by atoms with Crippen molar-refractivity contribution in [1.82, 2.24) is 0 Å². The van der Waals surface area contributed by atoms with E-state index in [9.17, 15) is 14.7 Å². The number of benzene rings is 1. The van der Waals surface area contributed by atoms with Crippen LogP contribution in [0, 0.1) is 5.92 Å². The molecule has 1 aromatic carbocycles. The largest absolute Gasteiger partial charge is 0.497 e. The monoisotopic (exact) mass is 293 g/mol. The zero-order chi connectivity index (χ0) is 15.4. The van der Waals surface area contributed by atoms with Crippen LogP contribution in [-0.2, 0) is 9.53 Å². The molecule has 0 spiro atoms. The molecule has 2 N–H and O–H groups in total. The Morgan fingerprint density at radius 2 is 2.24 bits per heavy atom. The number of anilines is 1. The number of methoxy groups -OCH3 is 1. The smallest absolute Gasteiger partial charge is 0.337 e. The first-order valence-electron chi connectivity index (χ1n) is 6.90. The molecule has 1 fully saturated rings. The fourth-order valence-electron chi connectivity index (χ4n) is 2.51. The molecular formula is C15H19NO5. The summed E-state index contributed by atoms with van der Waals surface area (Å²) in [5, 5.41) is 11.9. The highest BCUT2D eigenvalue weighted by molar-refractivity contribution is 6.01. The zero-order valence-electron chi connectivity index (χ0n) is 12.1. The molecule has 21 heavy (non-hydrogen) atoms. The average Bonchev–Trinajstić information content (AvgIpc) is 2.96. The SMILES string of the molecule is CCC1OCCC1C(=O)Nc1ccc(OC)cc1C(=O)O. The summed E-state index contributed by atoms with van der Waals surface area (Å²) in [6.45, 7) is 2.53. The molecular weight excluding hydrogens is 274 g/mol. The van der Waals surface area contributed by atoms with Crippen LogP contribution in [0.3, 0.4) is 0 Å². The van der Waals surface area contributed by atoms with Gasteiger partial charge in [0.05, 0.1) is 30.4 Å². The van der Waals surface area contributed by atoms with E-state index in [1.54, 1.807) is 6.07 Å². The van der Waals surface area contributed by atoms with Gasteiger partial charge in [-0.05, 0) is 31.0 Å². The highest BCUT2D eigenvalue weighted by Crippen LogP contribution is 2.27. The molecule has 2 unspecified atom stereocenters. The van der Waals surface area contributed by atoms with E-state index in [1.807, 2.05) is 6.92 Å². The van der Waals surface area contributed by atoms with E-state index >= 15 is 0 Å². The normalized spacial score (nSPS) is 21.0. The maximum Gasteiger partial charge on any atom is 0.337 e. The molecule has 2 atom stereocenters. The molecule has 0 radical (unpaired) electrons. The lowest BCUT2D eigenvalue weighted by Crippen LogP contribution is -2.29. The number of carbonyl (C=O) groups excluding carboxylic acids is 1. The number of carbonyl (C=O) groups is 2. The molecule has 1 saturated heterocycles. The first kappa shape index (κ1) is 15.3. The lowest BCUT2D eigenvalue weighted by Gasteiger charge is -2.17. The molecule has 0 bridgehead atoms. The third-order valence-corrected chi connectivity index (χ3v) is 3.66. The van der Waals surface area contributed by atoms with Crippen molar-refractivity contribution in [2.24, 2.45) is 5.92 Å². The van der Waals surface area contributed by atoms with E-state index in [0.29, 0.717) is 18.8 Å². The van der Waals surface area contributed by atoms with Crippen LogP contribution in [0.5, 0.6) is 5.75 Å². The fourth-order valence-corrected chi connectivity index (χ4v) is 2.51. The van der Waals surface area contributed by atoms with Crippen molar-refractivity contribution < 1.29 is 24.2 Å². The Hall–Kier alpha value is -2.08. The van der Waals surface area contributed by atoms with Gasteiger partial charge in [-0.3, -0.25) is 4.79 Å². The van der Waals surface area contributed by atoms with E-state index in [1.165, 1.54) is 19.2 Å². The summed E-state index contributed by atoms with van der Waals surface area (Å²) >= 11 is 0. The Bertz CT molecular complexity index is 543. The predicted molar refractivity (Wildman–Crippen MR) is 76.7 cm³/mol. The molecule has 0 aromatic heterocycles. The number of hydrogen-bond donors (Lipinski definition) is 2. The minimum Gasteiger partial charge on any atom is -0.497 e. The van der Waals surface area contributed by atoms with Crippen LogP contribution in [0.1, 0.15) is 30.1 Å². The number of rotatable bonds is 5. The van der Waals surface area contributed by atoms with Crippen LogP contribution in [-0.4, -0.2) is 36.8 Å². The molecule has 1 heterocycles. The van der Waals surface area contributed by atoms with Crippen LogP contribution in [0.15, 0.2) is 18.2 Å². The molecule has 1 aliphatic heterocycles. The Kier molecular flexibility index (Phi) is 4.80. The third-order valence-electron chi connectivity index (χ3n) is 3.66. The molecule has 1 amide bonds. The lowest BCUT2D eigenvalue weighted by atomic mass is 9.98. The maximum atomic E-state index is 12.3.